The van der Waals surface area contributed by atoms with E-state index in [-0.39, 0.29) is 17.6 Å². The Morgan fingerprint density at radius 2 is 1.90 bits per heavy atom. The molecule has 1 heterocycles. The Balaban J connectivity index is 1.70. The molecule has 1 saturated carbocycles. The first kappa shape index (κ1) is 20.7. The van der Waals surface area contributed by atoms with Crippen LogP contribution in [0.25, 0.3) is 16.9 Å². The molecule has 1 aliphatic rings. The normalized spacial score (nSPS) is 15.7. The summed E-state index contributed by atoms with van der Waals surface area (Å²) in [4.78, 5) is 25.0. The molecule has 4 rings (SSSR count). The molecule has 0 aliphatic heterocycles. The number of para-hydroxylation sites is 1. The van der Waals surface area contributed by atoms with Crippen molar-refractivity contribution in [2.45, 2.75) is 19.3 Å². The van der Waals surface area contributed by atoms with Gasteiger partial charge in [-0.2, -0.15) is 5.10 Å². The van der Waals surface area contributed by atoms with Gasteiger partial charge in [-0.05, 0) is 43.2 Å². The minimum Gasteiger partial charge on any atom is -0.493 e. The number of nitrogens with one attached hydrogen (secondary N) is 1. The highest BCUT2D eigenvalue weighted by Gasteiger charge is 2.26. The van der Waals surface area contributed by atoms with E-state index < -0.39 is 0 Å². The number of carbonyl (C=O) groups is 2. The van der Waals surface area contributed by atoms with Crippen molar-refractivity contribution in [3.63, 3.8) is 0 Å². The summed E-state index contributed by atoms with van der Waals surface area (Å²) < 4.78 is 12.4. The van der Waals surface area contributed by atoms with Gasteiger partial charge in [0.2, 0.25) is 0 Å². The van der Waals surface area contributed by atoms with E-state index in [9.17, 15) is 9.59 Å². The van der Waals surface area contributed by atoms with E-state index in [1.54, 1.807) is 37.2 Å². The zero-order valence-corrected chi connectivity index (χ0v) is 17.6. The number of methoxy groups -OCH3 is 2. The topological polar surface area (TPSA) is 82.5 Å². The third kappa shape index (κ3) is 4.30. The van der Waals surface area contributed by atoms with Crippen molar-refractivity contribution >= 4 is 11.7 Å². The highest BCUT2D eigenvalue weighted by Crippen LogP contribution is 2.33. The third-order valence-electron chi connectivity index (χ3n) is 5.58. The van der Waals surface area contributed by atoms with Crippen molar-refractivity contribution < 1.29 is 19.1 Å². The van der Waals surface area contributed by atoms with Crippen LogP contribution in [0.1, 0.15) is 29.6 Å². The van der Waals surface area contributed by atoms with Gasteiger partial charge in [0.05, 0.1) is 25.5 Å². The number of carbonyl (C=O) groups excluding carboxylic acids is 2. The zero-order chi connectivity index (χ0) is 21.8. The molecule has 0 spiro atoms. The van der Waals surface area contributed by atoms with Crippen molar-refractivity contribution in [2.75, 3.05) is 20.8 Å². The SMILES string of the molecule is COc1ccc(-c2nn(-c3ccccc3)cc2C(=O)NCC2CCCC2=O)cc1OC. The van der Waals surface area contributed by atoms with Gasteiger partial charge in [-0.3, -0.25) is 9.59 Å². The molecule has 1 aliphatic carbocycles. The lowest BCUT2D eigenvalue weighted by molar-refractivity contribution is -0.120. The molecule has 1 amide bonds. The van der Waals surface area contributed by atoms with Crippen LogP contribution in [-0.2, 0) is 4.79 Å². The first-order valence-corrected chi connectivity index (χ1v) is 10.3. The molecule has 0 bridgehead atoms. The average molecular weight is 419 g/mol. The molecule has 1 aromatic heterocycles. The highest BCUT2D eigenvalue weighted by atomic mass is 16.5. The van der Waals surface area contributed by atoms with Crippen LogP contribution in [-0.4, -0.2) is 42.2 Å². The van der Waals surface area contributed by atoms with Crippen LogP contribution in [0, 0.1) is 5.92 Å². The van der Waals surface area contributed by atoms with Gasteiger partial charge in [0.25, 0.3) is 5.91 Å². The minimum absolute atomic E-state index is 0.0994. The van der Waals surface area contributed by atoms with Gasteiger partial charge in [-0.1, -0.05) is 18.2 Å². The monoisotopic (exact) mass is 419 g/mol. The molecule has 1 fully saturated rings. The summed E-state index contributed by atoms with van der Waals surface area (Å²) in [5.74, 6) is 1.02. The van der Waals surface area contributed by atoms with E-state index in [0.717, 1.165) is 24.1 Å². The first-order chi connectivity index (χ1) is 15.1. The predicted octanol–water partition coefficient (Wildman–Crippen LogP) is 3.66. The summed E-state index contributed by atoms with van der Waals surface area (Å²) in [6, 6.07) is 15.0. The standard InChI is InChI=1S/C24H25N3O4/c1-30-21-12-11-16(13-22(21)31-2)23-19(15-27(26-23)18-8-4-3-5-9-18)24(29)25-14-17-7-6-10-20(17)28/h3-5,8-9,11-13,15,17H,6-7,10,14H2,1-2H3,(H,25,29). The Kier molecular flexibility index (Phi) is 6.02. The van der Waals surface area contributed by atoms with Crippen molar-refractivity contribution in [1.29, 1.82) is 0 Å². The minimum atomic E-state index is -0.258. The molecule has 1 N–H and O–H groups in total. The van der Waals surface area contributed by atoms with Crippen LogP contribution in [0.5, 0.6) is 11.5 Å². The van der Waals surface area contributed by atoms with Gasteiger partial charge >= 0.3 is 0 Å². The number of ketones is 1. The summed E-state index contributed by atoms with van der Waals surface area (Å²) >= 11 is 0. The fourth-order valence-electron chi connectivity index (χ4n) is 3.86. The molecule has 31 heavy (non-hydrogen) atoms. The molecular weight excluding hydrogens is 394 g/mol. The van der Waals surface area contributed by atoms with Gasteiger partial charge in [-0.15, -0.1) is 0 Å². The molecule has 160 valence electrons. The molecule has 7 heteroatoms. The van der Waals surface area contributed by atoms with Crippen molar-refractivity contribution in [1.82, 2.24) is 15.1 Å². The van der Waals surface area contributed by atoms with Crippen LogP contribution in [0.15, 0.2) is 54.7 Å². The Labute approximate surface area is 181 Å². The van der Waals surface area contributed by atoms with Crippen LogP contribution in [0.4, 0.5) is 0 Å². The van der Waals surface area contributed by atoms with Crippen LogP contribution >= 0.6 is 0 Å². The molecule has 0 saturated heterocycles. The summed E-state index contributed by atoms with van der Waals surface area (Å²) in [6.07, 6.45) is 4.03. The predicted molar refractivity (Wildman–Crippen MR) is 117 cm³/mol. The number of benzene rings is 2. The summed E-state index contributed by atoms with van der Waals surface area (Å²) in [5.41, 5.74) is 2.53. The molecule has 7 nitrogen and oxygen atoms in total. The summed E-state index contributed by atoms with van der Waals surface area (Å²) in [5, 5.41) is 7.62. The number of aromatic nitrogens is 2. The Bertz CT molecular complexity index is 1090. The van der Waals surface area contributed by atoms with Gasteiger partial charge in [0, 0.05) is 30.6 Å². The van der Waals surface area contributed by atoms with Crippen molar-refractivity contribution in [3.8, 4) is 28.4 Å². The smallest absolute Gasteiger partial charge is 0.255 e. The third-order valence-corrected chi connectivity index (χ3v) is 5.58. The number of hydrogen-bond donors (Lipinski definition) is 1. The molecule has 3 aromatic rings. The van der Waals surface area contributed by atoms with Crippen LogP contribution < -0.4 is 14.8 Å². The summed E-state index contributed by atoms with van der Waals surface area (Å²) in [6.45, 7) is 0.347. The van der Waals surface area contributed by atoms with Gasteiger partial charge < -0.3 is 14.8 Å². The second-order valence-corrected chi connectivity index (χ2v) is 7.51. The number of Topliss-reactive ketones (excluding diaryl/α,β-unsaturated/α-hetero) is 1. The molecule has 0 radical (unpaired) electrons. The van der Waals surface area contributed by atoms with E-state index in [0.29, 0.717) is 35.7 Å². The first-order valence-electron chi connectivity index (χ1n) is 10.3. The van der Waals surface area contributed by atoms with E-state index in [4.69, 9.17) is 9.47 Å². The lowest BCUT2D eigenvalue weighted by Crippen LogP contribution is -2.31. The fraction of sp³-hybridized carbons (Fsp3) is 0.292. The maximum absolute atomic E-state index is 13.1. The van der Waals surface area contributed by atoms with E-state index >= 15 is 0 Å². The second-order valence-electron chi connectivity index (χ2n) is 7.51. The second kappa shape index (κ2) is 9.04. The van der Waals surface area contributed by atoms with E-state index in [1.807, 2.05) is 36.4 Å². The van der Waals surface area contributed by atoms with Crippen LogP contribution in [0.2, 0.25) is 0 Å². The highest BCUT2D eigenvalue weighted by molar-refractivity contribution is 6.00. The average Bonchev–Trinajstić information content (AvgIpc) is 3.44. The van der Waals surface area contributed by atoms with Gasteiger partial charge in [0.15, 0.2) is 11.5 Å². The quantitative estimate of drug-likeness (QED) is 0.632. The van der Waals surface area contributed by atoms with E-state index in [2.05, 4.69) is 10.4 Å². The number of hydrogen-bond acceptors (Lipinski definition) is 5. The lowest BCUT2D eigenvalue weighted by Gasteiger charge is -2.11. The number of ether oxygens (including phenoxy) is 2. The fourth-order valence-corrected chi connectivity index (χ4v) is 3.86. The molecular formula is C24H25N3O4. The maximum atomic E-state index is 13.1. The molecule has 2 aromatic carbocycles. The number of nitrogens with zero attached hydrogens (tertiary/aromatic N) is 2. The van der Waals surface area contributed by atoms with Gasteiger partial charge in [0.1, 0.15) is 11.5 Å². The maximum Gasteiger partial charge on any atom is 0.255 e. The molecule has 1 atom stereocenters. The van der Waals surface area contributed by atoms with Crippen LogP contribution in [0.3, 0.4) is 0 Å². The largest absolute Gasteiger partial charge is 0.493 e. The number of amides is 1. The van der Waals surface area contributed by atoms with Crippen molar-refractivity contribution in [2.24, 2.45) is 5.92 Å². The summed E-state index contributed by atoms with van der Waals surface area (Å²) in [7, 11) is 3.14. The van der Waals surface area contributed by atoms with Gasteiger partial charge in [-0.25, -0.2) is 4.68 Å². The zero-order valence-electron chi connectivity index (χ0n) is 17.6. The number of rotatable bonds is 7. The Morgan fingerprint density at radius 1 is 1.13 bits per heavy atom. The molecule has 1 unspecified atom stereocenters. The lowest BCUT2D eigenvalue weighted by atomic mass is 10.1. The Morgan fingerprint density at radius 3 is 2.58 bits per heavy atom. The van der Waals surface area contributed by atoms with E-state index in [1.165, 1.54) is 0 Å². The Hall–Kier alpha value is -3.61. The van der Waals surface area contributed by atoms with Crippen molar-refractivity contribution in [3.05, 3.63) is 60.3 Å².